The van der Waals surface area contributed by atoms with Crippen molar-refractivity contribution in [2.24, 2.45) is 0 Å². The third-order valence-corrected chi connectivity index (χ3v) is 4.36. The third-order valence-electron chi connectivity index (χ3n) is 2.90. The van der Waals surface area contributed by atoms with Gasteiger partial charge in [-0.1, -0.05) is 6.07 Å². The molecule has 1 aromatic carbocycles. The molecule has 0 bridgehead atoms. The molecule has 2 aromatic rings. The van der Waals surface area contributed by atoms with Crippen LogP contribution in [-0.4, -0.2) is 24.5 Å². The highest BCUT2D eigenvalue weighted by Crippen LogP contribution is 2.10. The Morgan fingerprint density at radius 3 is 2.85 bits per heavy atom. The Hall–Kier alpha value is -1.73. The summed E-state index contributed by atoms with van der Waals surface area (Å²) in [5.41, 5.74) is 0. The fourth-order valence-corrected chi connectivity index (χ4v) is 2.92. The molecule has 0 amide bonds. The molecule has 0 fully saturated rings. The Balaban J connectivity index is 1.89. The molecule has 0 aliphatic carbocycles. The molecule has 0 saturated carbocycles. The van der Waals surface area contributed by atoms with Gasteiger partial charge < -0.3 is 4.57 Å². The molecule has 0 atom stereocenters. The Kier molecular flexibility index (Phi) is 4.51. The number of aryl methyl sites for hydroxylation is 2. The average molecular weight is 297 g/mol. The van der Waals surface area contributed by atoms with Crippen LogP contribution < -0.4 is 4.72 Å². The summed E-state index contributed by atoms with van der Waals surface area (Å²) in [5.74, 6) is 0.319. The molecule has 0 aliphatic rings. The minimum atomic E-state index is -3.65. The Bertz CT molecular complexity index is 682. The van der Waals surface area contributed by atoms with Crippen LogP contribution in [0.15, 0.2) is 41.6 Å². The molecule has 0 spiro atoms. The fraction of sp³-hybridized carbons (Fsp3) is 0.308. The molecule has 108 valence electrons. The van der Waals surface area contributed by atoms with E-state index in [1.54, 1.807) is 6.20 Å². The van der Waals surface area contributed by atoms with E-state index >= 15 is 0 Å². The fourth-order valence-electron chi connectivity index (χ4n) is 1.81. The van der Waals surface area contributed by atoms with Crippen LogP contribution in [0.3, 0.4) is 0 Å². The zero-order chi connectivity index (χ0) is 14.6. The molecule has 5 nitrogen and oxygen atoms in total. The SMILES string of the molecule is Cc1nccn1CCCNS(=O)(=O)c1cccc(F)c1. The van der Waals surface area contributed by atoms with E-state index in [4.69, 9.17) is 0 Å². The van der Waals surface area contributed by atoms with Crippen LogP contribution in [0.2, 0.25) is 0 Å². The van der Waals surface area contributed by atoms with Crippen LogP contribution in [-0.2, 0) is 16.6 Å². The number of nitrogens with zero attached hydrogens (tertiary/aromatic N) is 2. The van der Waals surface area contributed by atoms with Crippen molar-refractivity contribution in [2.45, 2.75) is 24.8 Å². The van der Waals surface area contributed by atoms with Gasteiger partial charge in [0.2, 0.25) is 10.0 Å². The lowest BCUT2D eigenvalue weighted by Crippen LogP contribution is -2.25. The van der Waals surface area contributed by atoms with Crippen molar-refractivity contribution in [1.29, 1.82) is 0 Å². The minimum absolute atomic E-state index is 0.0590. The molecular formula is C13H16FN3O2S. The quantitative estimate of drug-likeness (QED) is 0.825. The molecule has 7 heteroatoms. The average Bonchev–Trinajstić information content (AvgIpc) is 2.80. The van der Waals surface area contributed by atoms with Crippen LogP contribution in [0.5, 0.6) is 0 Å². The number of imidazole rings is 1. The Labute approximate surface area is 117 Å². The molecule has 1 aromatic heterocycles. The van der Waals surface area contributed by atoms with Gasteiger partial charge in [0.05, 0.1) is 4.90 Å². The second kappa shape index (κ2) is 6.15. The molecular weight excluding hydrogens is 281 g/mol. The number of hydrogen-bond acceptors (Lipinski definition) is 3. The van der Waals surface area contributed by atoms with Crippen molar-refractivity contribution in [1.82, 2.24) is 14.3 Å². The number of benzene rings is 1. The molecule has 20 heavy (non-hydrogen) atoms. The van der Waals surface area contributed by atoms with Gasteiger partial charge in [0.15, 0.2) is 0 Å². The van der Waals surface area contributed by atoms with Crippen molar-refractivity contribution in [2.75, 3.05) is 6.54 Å². The standard InChI is InChI=1S/C13H16FN3O2S/c1-11-15-7-9-17(11)8-3-6-16-20(18,19)13-5-2-4-12(14)10-13/h2,4-5,7,9-10,16H,3,6,8H2,1H3. The van der Waals surface area contributed by atoms with E-state index in [9.17, 15) is 12.8 Å². The summed E-state index contributed by atoms with van der Waals surface area (Å²) >= 11 is 0. The predicted octanol–water partition coefficient (Wildman–Crippen LogP) is 1.70. The lowest BCUT2D eigenvalue weighted by Gasteiger charge is -2.08. The molecule has 1 heterocycles. The first kappa shape index (κ1) is 14.7. The molecule has 0 saturated heterocycles. The van der Waals surface area contributed by atoms with Crippen LogP contribution in [0.4, 0.5) is 4.39 Å². The topological polar surface area (TPSA) is 64.0 Å². The van der Waals surface area contributed by atoms with Gasteiger partial charge in [-0.2, -0.15) is 0 Å². The molecule has 0 aliphatic heterocycles. The van der Waals surface area contributed by atoms with Gasteiger partial charge in [-0.15, -0.1) is 0 Å². The highest BCUT2D eigenvalue weighted by Gasteiger charge is 2.13. The summed E-state index contributed by atoms with van der Waals surface area (Å²) in [7, 11) is -3.65. The van der Waals surface area contributed by atoms with E-state index in [1.165, 1.54) is 18.2 Å². The van der Waals surface area contributed by atoms with Gasteiger partial charge in [0.1, 0.15) is 11.6 Å². The monoisotopic (exact) mass is 297 g/mol. The van der Waals surface area contributed by atoms with Crippen molar-refractivity contribution in [3.05, 3.63) is 48.3 Å². The van der Waals surface area contributed by atoms with Crippen LogP contribution in [0, 0.1) is 12.7 Å². The first-order valence-corrected chi connectivity index (χ1v) is 7.70. The maximum Gasteiger partial charge on any atom is 0.240 e. The Morgan fingerprint density at radius 2 is 2.20 bits per heavy atom. The number of rotatable bonds is 6. The van der Waals surface area contributed by atoms with Gasteiger partial charge in [-0.3, -0.25) is 0 Å². The second-order valence-electron chi connectivity index (χ2n) is 4.38. The maximum absolute atomic E-state index is 13.0. The van der Waals surface area contributed by atoms with Crippen LogP contribution in [0.1, 0.15) is 12.2 Å². The maximum atomic E-state index is 13.0. The van der Waals surface area contributed by atoms with Crippen LogP contribution >= 0.6 is 0 Å². The number of hydrogen-bond donors (Lipinski definition) is 1. The predicted molar refractivity (Wildman–Crippen MR) is 73.2 cm³/mol. The summed E-state index contributed by atoms with van der Waals surface area (Å²) in [6, 6.07) is 4.95. The highest BCUT2D eigenvalue weighted by molar-refractivity contribution is 7.89. The van der Waals surface area contributed by atoms with Crippen molar-refractivity contribution in [3.63, 3.8) is 0 Å². The van der Waals surface area contributed by atoms with E-state index in [0.717, 1.165) is 11.9 Å². The zero-order valence-electron chi connectivity index (χ0n) is 11.1. The highest BCUT2D eigenvalue weighted by atomic mass is 32.2. The summed E-state index contributed by atoms with van der Waals surface area (Å²) < 4.78 is 41.2. The number of sulfonamides is 1. The normalized spacial score (nSPS) is 11.7. The first-order valence-electron chi connectivity index (χ1n) is 6.22. The van der Waals surface area contributed by atoms with Crippen molar-refractivity contribution >= 4 is 10.0 Å². The number of aromatic nitrogens is 2. The van der Waals surface area contributed by atoms with Crippen LogP contribution in [0.25, 0.3) is 0 Å². The molecule has 0 radical (unpaired) electrons. The number of halogens is 1. The summed E-state index contributed by atoms with van der Waals surface area (Å²) in [6.07, 6.45) is 4.18. The van der Waals surface area contributed by atoms with Gasteiger partial charge in [-0.05, 0) is 31.5 Å². The van der Waals surface area contributed by atoms with E-state index < -0.39 is 15.8 Å². The molecule has 2 rings (SSSR count). The molecule has 1 N–H and O–H groups in total. The van der Waals surface area contributed by atoms with Gasteiger partial charge in [-0.25, -0.2) is 22.5 Å². The van der Waals surface area contributed by atoms with Crippen molar-refractivity contribution < 1.29 is 12.8 Å². The van der Waals surface area contributed by atoms with E-state index in [1.807, 2.05) is 17.7 Å². The molecule has 0 unspecified atom stereocenters. The zero-order valence-corrected chi connectivity index (χ0v) is 11.9. The number of nitrogens with one attached hydrogen (secondary N) is 1. The smallest absolute Gasteiger partial charge is 0.240 e. The largest absolute Gasteiger partial charge is 0.335 e. The second-order valence-corrected chi connectivity index (χ2v) is 6.14. The lowest BCUT2D eigenvalue weighted by molar-refractivity contribution is 0.565. The summed E-state index contributed by atoms with van der Waals surface area (Å²) in [4.78, 5) is 4.03. The van der Waals surface area contributed by atoms with Gasteiger partial charge in [0.25, 0.3) is 0 Å². The van der Waals surface area contributed by atoms with Crippen molar-refractivity contribution in [3.8, 4) is 0 Å². The van der Waals surface area contributed by atoms with E-state index in [-0.39, 0.29) is 11.4 Å². The van der Waals surface area contributed by atoms with E-state index in [2.05, 4.69) is 9.71 Å². The first-order chi connectivity index (χ1) is 9.49. The van der Waals surface area contributed by atoms with Gasteiger partial charge in [0, 0.05) is 25.5 Å². The lowest BCUT2D eigenvalue weighted by atomic mass is 10.4. The Morgan fingerprint density at radius 1 is 1.40 bits per heavy atom. The third kappa shape index (κ3) is 3.64. The minimum Gasteiger partial charge on any atom is -0.335 e. The van der Waals surface area contributed by atoms with Gasteiger partial charge >= 0.3 is 0 Å². The van der Waals surface area contributed by atoms with E-state index in [0.29, 0.717) is 13.0 Å². The summed E-state index contributed by atoms with van der Waals surface area (Å²) in [6.45, 7) is 2.85. The summed E-state index contributed by atoms with van der Waals surface area (Å²) in [5, 5.41) is 0.